The third kappa shape index (κ3) is 4.18. The second kappa shape index (κ2) is 7.60. The maximum atomic E-state index is 12.3. The molecule has 0 aliphatic rings. The van der Waals surface area contributed by atoms with Gasteiger partial charge < -0.3 is 5.73 Å². The van der Waals surface area contributed by atoms with Crippen LogP contribution >= 0.6 is 12.4 Å². The lowest BCUT2D eigenvalue weighted by Crippen LogP contribution is -2.52. The minimum absolute atomic E-state index is 0. The Balaban J connectivity index is 0.00000361. The molecule has 0 heterocycles. The molecule has 0 atom stereocenters. The predicted octanol–water partition coefficient (Wildman–Crippen LogP) is 1.78. The van der Waals surface area contributed by atoms with Crippen LogP contribution in [0.2, 0.25) is 0 Å². The van der Waals surface area contributed by atoms with Gasteiger partial charge in [-0.15, -0.1) is 12.4 Å². The Bertz CT molecular complexity index is 552. The Hall–Kier alpha value is -1.13. The van der Waals surface area contributed by atoms with Gasteiger partial charge in [0.25, 0.3) is 0 Å². The number of nitriles is 1. The summed E-state index contributed by atoms with van der Waals surface area (Å²) in [6.07, 6.45) is 1.24. The van der Waals surface area contributed by atoms with Crippen molar-refractivity contribution in [3.05, 3.63) is 29.8 Å². The molecular weight excluding hydrogens is 298 g/mol. The molecule has 20 heavy (non-hydrogen) atoms. The molecule has 0 unspecified atom stereocenters. The summed E-state index contributed by atoms with van der Waals surface area (Å²) in [6, 6.07) is 7.77. The number of nitrogens with one attached hydrogen (secondary N) is 1. The van der Waals surface area contributed by atoms with Gasteiger partial charge in [0.05, 0.1) is 16.5 Å². The summed E-state index contributed by atoms with van der Waals surface area (Å²) in [4.78, 5) is 0.145. The standard InChI is InChI=1S/C13H19N3O2S.ClH/c1-3-13(4-2,10-15)16-19(17,18)12-7-5-11(9-14)6-8-12;/h5-8,16H,3-4,10,15H2,1-2H3;1H. The molecule has 0 aromatic heterocycles. The van der Waals surface area contributed by atoms with E-state index in [9.17, 15) is 8.42 Å². The van der Waals surface area contributed by atoms with E-state index in [1.165, 1.54) is 24.3 Å². The lowest BCUT2D eigenvalue weighted by Gasteiger charge is -2.30. The number of hydrogen-bond acceptors (Lipinski definition) is 4. The number of rotatable bonds is 6. The molecule has 5 nitrogen and oxygen atoms in total. The maximum Gasteiger partial charge on any atom is 0.241 e. The van der Waals surface area contributed by atoms with Gasteiger partial charge in [0.1, 0.15) is 0 Å². The van der Waals surface area contributed by atoms with Gasteiger partial charge >= 0.3 is 0 Å². The molecule has 1 aromatic rings. The lowest BCUT2D eigenvalue weighted by molar-refractivity contribution is 0.363. The molecule has 1 aromatic carbocycles. The van der Waals surface area contributed by atoms with Crippen LogP contribution in [0, 0.1) is 11.3 Å². The molecular formula is C13H20ClN3O2S. The number of hydrogen-bond donors (Lipinski definition) is 2. The molecule has 0 saturated heterocycles. The monoisotopic (exact) mass is 317 g/mol. The average Bonchev–Trinajstić information content (AvgIpc) is 2.45. The number of nitrogens with zero attached hydrogens (tertiary/aromatic N) is 1. The Labute approximate surface area is 126 Å². The Morgan fingerprint density at radius 1 is 1.25 bits per heavy atom. The first-order chi connectivity index (χ1) is 8.93. The lowest BCUT2D eigenvalue weighted by atomic mass is 9.95. The Morgan fingerprint density at radius 3 is 2.10 bits per heavy atom. The molecule has 0 bridgehead atoms. The first kappa shape index (κ1) is 18.9. The van der Waals surface area contributed by atoms with Crippen molar-refractivity contribution in [2.45, 2.75) is 37.1 Å². The fourth-order valence-corrected chi connectivity index (χ4v) is 3.33. The summed E-state index contributed by atoms with van der Waals surface area (Å²) in [5, 5.41) is 8.70. The zero-order chi connectivity index (χ0) is 14.5. The van der Waals surface area contributed by atoms with Crippen LogP contribution < -0.4 is 10.5 Å². The number of sulfonamides is 1. The van der Waals surface area contributed by atoms with Gasteiger partial charge in [0.2, 0.25) is 10.0 Å². The van der Waals surface area contributed by atoms with Crippen LogP contribution in [0.15, 0.2) is 29.2 Å². The molecule has 3 N–H and O–H groups in total. The van der Waals surface area contributed by atoms with Crippen LogP contribution in [0.3, 0.4) is 0 Å². The number of halogens is 1. The van der Waals surface area contributed by atoms with Crippen LogP contribution in [-0.4, -0.2) is 20.5 Å². The summed E-state index contributed by atoms with van der Waals surface area (Å²) in [5.41, 5.74) is 5.50. The van der Waals surface area contributed by atoms with Crippen molar-refractivity contribution in [3.63, 3.8) is 0 Å². The summed E-state index contributed by atoms with van der Waals surface area (Å²) in [5.74, 6) is 0. The summed E-state index contributed by atoms with van der Waals surface area (Å²) in [7, 11) is -3.62. The fourth-order valence-electron chi connectivity index (χ4n) is 1.78. The molecule has 0 aliphatic heterocycles. The van der Waals surface area contributed by atoms with E-state index in [1.54, 1.807) is 0 Å². The highest BCUT2D eigenvalue weighted by Crippen LogP contribution is 2.19. The van der Waals surface area contributed by atoms with E-state index < -0.39 is 15.6 Å². The highest BCUT2D eigenvalue weighted by molar-refractivity contribution is 7.89. The van der Waals surface area contributed by atoms with E-state index in [-0.39, 0.29) is 23.8 Å². The second-order valence-electron chi connectivity index (χ2n) is 4.43. The predicted molar refractivity (Wildman–Crippen MR) is 81.1 cm³/mol. The van der Waals surface area contributed by atoms with Crippen molar-refractivity contribution < 1.29 is 8.42 Å². The molecule has 0 fully saturated rings. The van der Waals surface area contributed by atoms with Crippen LogP contribution in [0.25, 0.3) is 0 Å². The minimum Gasteiger partial charge on any atom is -0.329 e. The van der Waals surface area contributed by atoms with Gasteiger partial charge in [-0.2, -0.15) is 5.26 Å². The molecule has 1 rings (SSSR count). The van der Waals surface area contributed by atoms with Crippen molar-refractivity contribution >= 4 is 22.4 Å². The molecule has 0 amide bonds. The molecule has 7 heteroatoms. The van der Waals surface area contributed by atoms with Crippen LogP contribution in [0.5, 0.6) is 0 Å². The van der Waals surface area contributed by atoms with Gasteiger partial charge in [-0.25, -0.2) is 13.1 Å². The Kier molecular flexibility index (Phi) is 7.17. The molecule has 0 spiro atoms. The first-order valence-corrected chi connectivity index (χ1v) is 7.65. The van der Waals surface area contributed by atoms with Crippen LogP contribution in [-0.2, 0) is 10.0 Å². The van der Waals surface area contributed by atoms with E-state index in [2.05, 4.69) is 4.72 Å². The zero-order valence-electron chi connectivity index (χ0n) is 11.6. The highest BCUT2D eigenvalue weighted by Gasteiger charge is 2.30. The van der Waals surface area contributed by atoms with E-state index in [4.69, 9.17) is 11.0 Å². The van der Waals surface area contributed by atoms with Crippen molar-refractivity contribution in [2.24, 2.45) is 5.73 Å². The van der Waals surface area contributed by atoms with Gasteiger partial charge in [-0.05, 0) is 37.1 Å². The van der Waals surface area contributed by atoms with Crippen LogP contribution in [0.1, 0.15) is 32.3 Å². The van der Waals surface area contributed by atoms with Crippen molar-refractivity contribution in [3.8, 4) is 6.07 Å². The van der Waals surface area contributed by atoms with Crippen molar-refractivity contribution in [1.82, 2.24) is 4.72 Å². The van der Waals surface area contributed by atoms with Crippen molar-refractivity contribution in [1.29, 1.82) is 5.26 Å². The van der Waals surface area contributed by atoms with E-state index >= 15 is 0 Å². The molecule has 0 aliphatic carbocycles. The van der Waals surface area contributed by atoms with Gasteiger partial charge in [-0.3, -0.25) is 0 Å². The third-order valence-corrected chi connectivity index (χ3v) is 4.98. The third-order valence-electron chi connectivity index (χ3n) is 3.39. The first-order valence-electron chi connectivity index (χ1n) is 6.17. The van der Waals surface area contributed by atoms with E-state index in [1.807, 2.05) is 19.9 Å². The topological polar surface area (TPSA) is 96.0 Å². The molecule has 0 radical (unpaired) electrons. The second-order valence-corrected chi connectivity index (χ2v) is 6.12. The highest BCUT2D eigenvalue weighted by atomic mass is 35.5. The zero-order valence-corrected chi connectivity index (χ0v) is 13.2. The van der Waals surface area contributed by atoms with Crippen LogP contribution in [0.4, 0.5) is 0 Å². The van der Waals surface area contributed by atoms with Crippen molar-refractivity contribution in [2.75, 3.05) is 6.54 Å². The minimum atomic E-state index is -3.62. The molecule has 0 saturated carbocycles. The van der Waals surface area contributed by atoms with Gasteiger partial charge in [0, 0.05) is 12.1 Å². The fraction of sp³-hybridized carbons (Fsp3) is 0.462. The summed E-state index contributed by atoms with van der Waals surface area (Å²) >= 11 is 0. The quantitative estimate of drug-likeness (QED) is 0.835. The van der Waals surface area contributed by atoms with Gasteiger partial charge in [0.15, 0.2) is 0 Å². The molecule has 112 valence electrons. The normalized spacial score (nSPS) is 11.5. The van der Waals surface area contributed by atoms with E-state index in [0.717, 1.165) is 0 Å². The number of benzene rings is 1. The Morgan fingerprint density at radius 2 is 1.75 bits per heavy atom. The summed E-state index contributed by atoms with van der Waals surface area (Å²) in [6.45, 7) is 4.05. The number of nitrogens with two attached hydrogens (primary N) is 1. The van der Waals surface area contributed by atoms with Gasteiger partial charge in [-0.1, -0.05) is 13.8 Å². The SMILES string of the molecule is CCC(CC)(CN)NS(=O)(=O)c1ccc(C#N)cc1.Cl. The summed E-state index contributed by atoms with van der Waals surface area (Å²) < 4.78 is 27.2. The largest absolute Gasteiger partial charge is 0.329 e. The maximum absolute atomic E-state index is 12.3. The average molecular weight is 318 g/mol. The smallest absolute Gasteiger partial charge is 0.241 e. The van der Waals surface area contributed by atoms with E-state index in [0.29, 0.717) is 18.4 Å².